The van der Waals surface area contributed by atoms with Gasteiger partial charge in [-0.15, -0.1) is 23.5 Å². The topological polar surface area (TPSA) is 104 Å². The van der Waals surface area contributed by atoms with Crippen molar-refractivity contribution < 1.29 is 51.0 Å². The maximum atomic E-state index is 11.1. The van der Waals surface area contributed by atoms with E-state index >= 15 is 0 Å². The summed E-state index contributed by atoms with van der Waals surface area (Å²) in [5.41, 5.74) is 1.90. The molecule has 0 saturated carbocycles. The number of benzene rings is 2. The van der Waals surface area contributed by atoms with E-state index in [2.05, 4.69) is 30.8 Å². The first kappa shape index (κ1) is 47.6. The molecule has 0 amide bonds. The molecule has 271 valence electrons. The van der Waals surface area contributed by atoms with Crippen LogP contribution in [0.2, 0.25) is 26.2 Å². The van der Waals surface area contributed by atoms with Crippen molar-refractivity contribution in [2.75, 3.05) is 18.3 Å². The first-order valence-electron chi connectivity index (χ1n) is 16.6. The molecule has 3 radical (unpaired) electrons. The molecule has 0 atom stereocenters. The van der Waals surface area contributed by atoms with Crippen LogP contribution in [-0.2, 0) is 52.2 Å². The Morgan fingerprint density at radius 1 is 0.562 bits per heavy atom. The fourth-order valence-electron chi connectivity index (χ4n) is 4.94. The largest absolute Gasteiger partial charge is 0.673 e. The number of rotatable bonds is 6. The normalized spacial score (nSPS) is 13.9. The first-order chi connectivity index (χ1) is 21.2. The minimum absolute atomic E-state index is 0. The molecule has 1 heterocycles. The molecule has 0 spiro atoms. The van der Waals surface area contributed by atoms with Gasteiger partial charge in [0.1, 0.15) is 23.0 Å². The summed E-state index contributed by atoms with van der Waals surface area (Å²) in [6.45, 7) is 35.4. The summed E-state index contributed by atoms with van der Waals surface area (Å²) in [5.74, 6) is 0.337. The Labute approximate surface area is 324 Å². The van der Waals surface area contributed by atoms with E-state index in [1.807, 2.05) is 95.2 Å². The van der Waals surface area contributed by atoms with Gasteiger partial charge < -0.3 is 29.8 Å². The average Bonchev–Trinajstić information content (AvgIpc) is 3.44. The molecule has 1 aliphatic rings. The quantitative estimate of drug-likeness (QED) is 0.132. The van der Waals surface area contributed by atoms with E-state index < -0.39 is 0 Å². The second kappa shape index (κ2) is 19.4. The third-order valence-electron chi connectivity index (χ3n) is 7.37. The van der Waals surface area contributed by atoms with Crippen LogP contribution < -0.4 is 0 Å². The standard InChI is InChI=1S/C29H44O4S2.C4H12NSi2.C4H8O.Sc/c1-26(2,3)16-13-17(27(4,5)6)21(31)24(20(16)30)34-15-35-25-22(32)18(28(7,8)9)14-19(23(25)33)29(10,11)12;1-6(2)5-7(3)4;1-2-4-5-3-1;/h13-14,30-33H,15H2,1-12H3;1-4H3;1-4H2;/q;-1;;. The summed E-state index contributed by atoms with van der Waals surface area (Å²) in [4.78, 5) is 0.855. The predicted octanol–water partition coefficient (Wildman–Crippen LogP) is 11.2. The van der Waals surface area contributed by atoms with E-state index in [1.54, 1.807) is 0 Å². The van der Waals surface area contributed by atoms with Gasteiger partial charge in [0.15, 0.2) is 0 Å². The zero-order chi connectivity index (χ0) is 36.7. The van der Waals surface area contributed by atoms with E-state index in [0.29, 0.717) is 14.9 Å². The van der Waals surface area contributed by atoms with Gasteiger partial charge in [0.25, 0.3) is 0 Å². The molecule has 1 fully saturated rings. The van der Waals surface area contributed by atoms with Gasteiger partial charge in [0.2, 0.25) is 0 Å². The number of nitrogens with zero attached hydrogens (tertiary/aromatic N) is 1. The molecular formula is C37H64NO5S2ScSi2-. The fraction of sp³-hybridized carbons (Fsp3) is 0.676. The van der Waals surface area contributed by atoms with Crippen LogP contribution >= 0.6 is 23.5 Å². The molecule has 4 N–H and O–H groups in total. The van der Waals surface area contributed by atoms with Crippen LogP contribution in [0.25, 0.3) is 4.65 Å². The van der Waals surface area contributed by atoms with E-state index in [-0.39, 0.29) is 88.4 Å². The van der Waals surface area contributed by atoms with Crippen LogP contribution in [-0.4, -0.2) is 56.6 Å². The number of hydrogen-bond donors (Lipinski definition) is 4. The molecule has 1 saturated heterocycles. The second-order valence-electron chi connectivity index (χ2n) is 16.7. The number of aromatic hydroxyl groups is 4. The van der Waals surface area contributed by atoms with E-state index in [1.165, 1.54) is 36.4 Å². The third-order valence-corrected chi connectivity index (χ3v) is 13.2. The summed E-state index contributed by atoms with van der Waals surface area (Å²) >= 11 is 2.63. The van der Waals surface area contributed by atoms with Gasteiger partial charge in [-0.2, -0.15) is 0 Å². The number of hydrogen-bond acceptors (Lipinski definition) is 7. The number of ether oxygens (including phenoxy) is 1. The molecular weight excluding hydrogens is 704 g/mol. The van der Waals surface area contributed by atoms with Crippen LogP contribution in [0.15, 0.2) is 21.9 Å². The molecule has 0 bridgehead atoms. The first-order valence-corrected chi connectivity index (χ1v) is 23.4. The Bertz CT molecular complexity index is 1130. The van der Waals surface area contributed by atoms with E-state index in [4.69, 9.17) is 4.74 Å². The number of phenolic OH excluding ortho intramolecular Hbond substituents is 4. The Kier molecular flexibility index (Phi) is 19.2. The average molecular weight is 768 g/mol. The van der Waals surface area contributed by atoms with Gasteiger partial charge in [-0.25, -0.2) is 0 Å². The van der Waals surface area contributed by atoms with Crippen LogP contribution in [0.3, 0.4) is 0 Å². The summed E-state index contributed by atoms with van der Waals surface area (Å²) in [6, 6.07) is 3.81. The van der Waals surface area contributed by atoms with Crippen molar-refractivity contribution in [1.29, 1.82) is 0 Å². The van der Waals surface area contributed by atoms with Crippen molar-refractivity contribution in [3.8, 4) is 23.0 Å². The Balaban J connectivity index is 0.00000142. The van der Waals surface area contributed by atoms with Gasteiger partial charge >= 0.3 is 0 Å². The van der Waals surface area contributed by atoms with Crippen molar-refractivity contribution >= 4 is 41.4 Å². The molecule has 3 rings (SSSR count). The maximum absolute atomic E-state index is 11.1. The molecule has 11 heteroatoms. The molecule has 2 aromatic rings. The van der Waals surface area contributed by atoms with E-state index in [0.717, 1.165) is 35.5 Å². The smallest absolute Gasteiger partial charge is 0.136 e. The van der Waals surface area contributed by atoms with Crippen LogP contribution in [0.4, 0.5) is 0 Å². The van der Waals surface area contributed by atoms with Crippen LogP contribution in [0.5, 0.6) is 23.0 Å². The molecule has 0 aromatic heterocycles. The van der Waals surface area contributed by atoms with Gasteiger partial charge in [0, 0.05) is 66.4 Å². The van der Waals surface area contributed by atoms with Crippen molar-refractivity contribution in [2.45, 2.75) is 154 Å². The second-order valence-corrected chi connectivity index (χ2v) is 23.7. The predicted molar refractivity (Wildman–Crippen MR) is 209 cm³/mol. The Hall–Kier alpha value is -0.436. The fourth-order valence-corrected chi connectivity index (χ4v) is 10.7. The monoisotopic (exact) mass is 767 g/mol. The van der Waals surface area contributed by atoms with E-state index in [9.17, 15) is 20.4 Å². The summed E-state index contributed by atoms with van der Waals surface area (Å²) in [6.07, 6.45) is 2.56. The molecule has 0 aliphatic carbocycles. The zero-order valence-electron chi connectivity index (χ0n) is 32.7. The molecule has 6 nitrogen and oxygen atoms in total. The summed E-state index contributed by atoms with van der Waals surface area (Å²) in [5, 5.41) is 44.8. The number of thioether (sulfide) groups is 2. The Morgan fingerprint density at radius 2 is 0.812 bits per heavy atom. The summed E-state index contributed by atoms with van der Waals surface area (Å²) < 4.78 is 9.43. The molecule has 0 unspecified atom stereocenters. The summed E-state index contributed by atoms with van der Waals surface area (Å²) in [7, 11) is -0.528. The van der Waals surface area contributed by atoms with Gasteiger partial charge in [-0.3, -0.25) is 0 Å². The maximum Gasteiger partial charge on any atom is 0.136 e. The third kappa shape index (κ3) is 14.7. The van der Waals surface area contributed by atoms with Crippen molar-refractivity contribution in [2.24, 2.45) is 0 Å². The van der Waals surface area contributed by atoms with Crippen molar-refractivity contribution in [3.63, 3.8) is 0 Å². The van der Waals surface area contributed by atoms with Crippen LogP contribution in [0.1, 0.15) is 118 Å². The Morgan fingerprint density at radius 3 is 0.958 bits per heavy atom. The zero-order valence-corrected chi connectivity index (χ0v) is 38.2. The van der Waals surface area contributed by atoms with Crippen LogP contribution in [0, 0.1) is 0 Å². The van der Waals surface area contributed by atoms with Gasteiger partial charge in [0.05, 0.1) is 9.79 Å². The van der Waals surface area contributed by atoms with Gasteiger partial charge in [-0.05, 0) is 46.6 Å². The van der Waals surface area contributed by atoms with Gasteiger partial charge in [-0.1, -0.05) is 127 Å². The molecule has 1 aliphatic heterocycles. The minimum atomic E-state index is -0.306. The van der Waals surface area contributed by atoms with Crippen molar-refractivity contribution in [1.82, 2.24) is 0 Å². The molecule has 48 heavy (non-hydrogen) atoms. The number of phenols is 4. The van der Waals surface area contributed by atoms with Crippen molar-refractivity contribution in [3.05, 3.63) is 39.0 Å². The molecule has 2 aromatic carbocycles. The minimum Gasteiger partial charge on any atom is -0.673 e. The SMILES string of the molecule is C1CCOC1.CC(C)(C)c1cc(C(C)(C)C)c(O)c(SCSc2c(O)c(C(C)(C)C)cc(C(C)(C)C)c2O)c1O.C[Si](C)[N-][Si](C)C.[Sc].